The van der Waals surface area contributed by atoms with E-state index in [4.69, 9.17) is 0 Å². The molecule has 108 valence electrons. The molecule has 1 aliphatic carbocycles. The molecular formula is C14H15N5O2. The molecule has 0 spiro atoms. The maximum atomic E-state index is 12.1. The minimum Gasteiger partial charge on any atom is -0.305 e. The molecule has 0 radical (unpaired) electrons. The van der Waals surface area contributed by atoms with Crippen molar-refractivity contribution in [2.75, 3.05) is 5.32 Å². The van der Waals surface area contributed by atoms with Gasteiger partial charge in [0.15, 0.2) is 0 Å². The fraction of sp³-hybridized carbons (Fsp3) is 0.357. The summed E-state index contributed by atoms with van der Waals surface area (Å²) in [6, 6.07) is 4.50. The number of aryl methyl sites for hydroxylation is 2. The van der Waals surface area contributed by atoms with Crippen LogP contribution in [-0.4, -0.2) is 25.7 Å². The number of rotatable bonds is 3. The highest BCUT2D eigenvalue weighted by atomic mass is 16.2. The number of carbonyl (C=O) groups excluding carboxylic acids is 1. The van der Waals surface area contributed by atoms with Crippen LogP contribution in [0.25, 0.3) is 0 Å². The molecule has 21 heavy (non-hydrogen) atoms. The molecule has 0 unspecified atom stereocenters. The van der Waals surface area contributed by atoms with Crippen LogP contribution in [-0.2, 0) is 7.05 Å². The Bertz CT molecular complexity index is 764. The molecule has 7 nitrogen and oxygen atoms in total. The van der Waals surface area contributed by atoms with E-state index in [1.165, 1.54) is 19.2 Å². The molecular weight excluding hydrogens is 270 g/mol. The lowest BCUT2D eigenvalue weighted by atomic mass is 10.2. The van der Waals surface area contributed by atoms with E-state index in [2.05, 4.69) is 20.4 Å². The quantitative estimate of drug-likeness (QED) is 0.909. The number of aromatic nitrogens is 4. The summed E-state index contributed by atoms with van der Waals surface area (Å²) in [5.41, 5.74) is 0.869. The summed E-state index contributed by atoms with van der Waals surface area (Å²) in [4.78, 5) is 32.0. The van der Waals surface area contributed by atoms with E-state index in [-0.39, 0.29) is 11.3 Å². The highest BCUT2D eigenvalue weighted by Crippen LogP contribution is 2.39. The van der Waals surface area contributed by atoms with Crippen LogP contribution in [0.1, 0.15) is 40.8 Å². The molecule has 0 aliphatic heterocycles. The normalized spacial score (nSPS) is 14.0. The largest absolute Gasteiger partial charge is 0.305 e. The fourth-order valence-corrected chi connectivity index (χ4v) is 2.05. The lowest BCUT2D eigenvalue weighted by Crippen LogP contribution is -2.24. The zero-order chi connectivity index (χ0) is 15.0. The molecule has 1 saturated carbocycles. The van der Waals surface area contributed by atoms with Crippen LogP contribution < -0.4 is 10.9 Å². The molecule has 1 aliphatic rings. The predicted octanol–water partition coefficient (Wildman–Crippen LogP) is 1.01. The van der Waals surface area contributed by atoms with Crippen LogP contribution in [0.2, 0.25) is 0 Å². The van der Waals surface area contributed by atoms with Gasteiger partial charge in [0.25, 0.3) is 11.5 Å². The number of hydrogen-bond acceptors (Lipinski definition) is 5. The maximum Gasteiger partial charge on any atom is 0.277 e. The van der Waals surface area contributed by atoms with Crippen LogP contribution in [0.3, 0.4) is 0 Å². The van der Waals surface area contributed by atoms with Crippen LogP contribution in [0.15, 0.2) is 23.0 Å². The van der Waals surface area contributed by atoms with Gasteiger partial charge >= 0.3 is 0 Å². The molecule has 0 aromatic carbocycles. The second kappa shape index (κ2) is 5.08. The van der Waals surface area contributed by atoms with E-state index < -0.39 is 5.91 Å². The van der Waals surface area contributed by atoms with Gasteiger partial charge in [0.1, 0.15) is 17.3 Å². The number of anilines is 1. The topological polar surface area (TPSA) is 89.8 Å². The standard InChI is InChI=1S/C14H15N5O2/c1-8-15-11(9-3-4-9)7-12(16-8)17-14(21)10-5-6-13(20)19(2)18-10/h5-7,9H,3-4H2,1-2H3,(H,15,16,17,21). The molecule has 2 aromatic rings. The Balaban J connectivity index is 1.83. The van der Waals surface area contributed by atoms with E-state index in [1.54, 1.807) is 13.0 Å². The first-order chi connectivity index (χ1) is 10.0. The molecule has 2 aromatic heterocycles. The smallest absolute Gasteiger partial charge is 0.277 e. The van der Waals surface area contributed by atoms with Crippen molar-refractivity contribution < 1.29 is 4.79 Å². The third-order valence-electron chi connectivity index (χ3n) is 3.29. The van der Waals surface area contributed by atoms with E-state index in [1.807, 2.05) is 0 Å². The number of hydrogen-bond donors (Lipinski definition) is 1. The van der Waals surface area contributed by atoms with Gasteiger partial charge in [-0.1, -0.05) is 0 Å². The summed E-state index contributed by atoms with van der Waals surface area (Å²) in [5.74, 6) is 1.18. The van der Waals surface area contributed by atoms with Crippen molar-refractivity contribution in [2.24, 2.45) is 7.05 Å². The van der Waals surface area contributed by atoms with Gasteiger partial charge in [0.2, 0.25) is 0 Å². The zero-order valence-corrected chi connectivity index (χ0v) is 11.8. The summed E-state index contributed by atoms with van der Waals surface area (Å²) < 4.78 is 1.12. The Kier molecular flexibility index (Phi) is 3.25. The van der Waals surface area contributed by atoms with Crippen LogP contribution in [0, 0.1) is 6.92 Å². The molecule has 2 heterocycles. The monoisotopic (exact) mass is 285 g/mol. The molecule has 1 fully saturated rings. The minimum atomic E-state index is -0.398. The summed E-state index contributed by atoms with van der Waals surface area (Å²) in [7, 11) is 1.50. The Morgan fingerprint density at radius 2 is 2.10 bits per heavy atom. The Hall–Kier alpha value is -2.57. The SMILES string of the molecule is Cc1nc(NC(=O)c2ccc(=O)n(C)n2)cc(C2CC2)n1. The minimum absolute atomic E-state index is 0.168. The predicted molar refractivity (Wildman–Crippen MR) is 76.2 cm³/mol. The average molecular weight is 285 g/mol. The van der Waals surface area contributed by atoms with Gasteiger partial charge in [-0.15, -0.1) is 0 Å². The van der Waals surface area contributed by atoms with Gasteiger partial charge in [-0.3, -0.25) is 9.59 Å². The summed E-state index contributed by atoms with van der Waals surface area (Å²) in [6.07, 6.45) is 2.26. The number of nitrogens with one attached hydrogen (secondary N) is 1. The first kappa shape index (κ1) is 13.4. The average Bonchev–Trinajstić information content (AvgIpc) is 3.25. The lowest BCUT2D eigenvalue weighted by Gasteiger charge is -2.07. The molecule has 0 saturated heterocycles. The highest BCUT2D eigenvalue weighted by molar-refractivity contribution is 6.02. The highest BCUT2D eigenvalue weighted by Gasteiger charge is 2.26. The van der Waals surface area contributed by atoms with Crippen molar-refractivity contribution in [3.8, 4) is 0 Å². The number of amides is 1. The zero-order valence-electron chi connectivity index (χ0n) is 11.8. The van der Waals surface area contributed by atoms with Gasteiger partial charge < -0.3 is 5.32 Å². The van der Waals surface area contributed by atoms with E-state index in [0.29, 0.717) is 17.6 Å². The maximum absolute atomic E-state index is 12.1. The third kappa shape index (κ3) is 2.96. The van der Waals surface area contributed by atoms with Gasteiger partial charge in [-0.25, -0.2) is 14.6 Å². The van der Waals surface area contributed by atoms with Gasteiger partial charge in [0, 0.05) is 30.8 Å². The van der Waals surface area contributed by atoms with Crippen molar-refractivity contribution in [2.45, 2.75) is 25.7 Å². The molecule has 3 rings (SSSR count). The van der Waals surface area contributed by atoms with Crippen molar-refractivity contribution in [3.63, 3.8) is 0 Å². The first-order valence-corrected chi connectivity index (χ1v) is 6.74. The van der Waals surface area contributed by atoms with Crippen LogP contribution in [0.5, 0.6) is 0 Å². The summed E-state index contributed by atoms with van der Waals surface area (Å²) >= 11 is 0. The molecule has 1 amide bonds. The summed E-state index contributed by atoms with van der Waals surface area (Å²) in [6.45, 7) is 1.80. The molecule has 1 N–H and O–H groups in total. The van der Waals surface area contributed by atoms with Gasteiger partial charge in [0.05, 0.1) is 0 Å². The van der Waals surface area contributed by atoms with Crippen LogP contribution in [0.4, 0.5) is 5.82 Å². The van der Waals surface area contributed by atoms with E-state index in [9.17, 15) is 9.59 Å². The van der Waals surface area contributed by atoms with Crippen LogP contribution >= 0.6 is 0 Å². The van der Waals surface area contributed by atoms with Gasteiger partial charge in [-0.05, 0) is 25.8 Å². The van der Waals surface area contributed by atoms with E-state index in [0.717, 1.165) is 23.2 Å². The van der Waals surface area contributed by atoms with Crippen molar-refractivity contribution in [1.82, 2.24) is 19.7 Å². The van der Waals surface area contributed by atoms with E-state index >= 15 is 0 Å². The van der Waals surface area contributed by atoms with Crippen molar-refractivity contribution in [3.05, 3.63) is 45.8 Å². The second-order valence-corrected chi connectivity index (χ2v) is 5.13. The molecule has 7 heteroatoms. The Morgan fingerprint density at radius 3 is 2.76 bits per heavy atom. The molecule has 0 atom stereocenters. The Labute approximate surface area is 121 Å². The van der Waals surface area contributed by atoms with Crippen molar-refractivity contribution >= 4 is 11.7 Å². The lowest BCUT2D eigenvalue weighted by molar-refractivity contribution is 0.101. The number of carbonyl (C=O) groups is 1. The molecule has 0 bridgehead atoms. The third-order valence-corrected chi connectivity index (χ3v) is 3.29. The fourth-order valence-electron chi connectivity index (χ4n) is 2.05. The van der Waals surface area contributed by atoms with Gasteiger partial charge in [-0.2, -0.15) is 5.10 Å². The van der Waals surface area contributed by atoms with Crippen molar-refractivity contribution in [1.29, 1.82) is 0 Å². The second-order valence-electron chi connectivity index (χ2n) is 5.13. The summed E-state index contributed by atoms with van der Waals surface area (Å²) in [5, 5.41) is 6.61. The first-order valence-electron chi connectivity index (χ1n) is 6.74. The Morgan fingerprint density at radius 1 is 1.33 bits per heavy atom. The number of nitrogens with zero attached hydrogens (tertiary/aromatic N) is 4.